The van der Waals surface area contributed by atoms with E-state index in [9.17, 15) is 14.4 Å². The Morgan fingerprint density at radius 3 is 2.28 bits per heavy atom. The van der Waals surface area contributed by atoms with E-state index in [0.717, 1.165) is 22.9 Å². The Balaban J connectivity index is 1.27. The average molecular weight is 520 g/mol. The van der Waals surface area contributed by atoms with Gasteiger partial charge in [0.15, 0.2) is 0 Å². The topological polar surface area (TPSA) is 66.5 Å². The molecule has 1 aliphatic heterocycles. The number of alkyl halides is 2. The van der Waals surface area contributed by atoms with Crippen LogP contribution in [-0.4, -0.2) is 38.8 Å². The SMILES string of the molecule is O=C(CCN1C(=O)[C@@H]2[C@H]3C[C@@H]([C@@H](Br)[C@H]3Br)[C@H]2C1=O)Nc1cccc2ccccc12. The molecular formula is C22H20Br2N2O3. The smallest absolute Gasteiger partial charge is 0.233 e. The fourth-order valence-electron chi connectivity index (χ4n) is 5.39. The van der Waals surface area contributed by atoms with Crippen LogP contribution in [0.4, 0.5) is 5.69 Å². The minimum absolute atomic E-state index is 0.102. The first kappa shape index (κ1) is 19.2. The number of benzene rings is 2. The Hall–Kier alpha value is -1.73. The zero-order valence-electron chi connectivity index (χ0n) is 15.6. The lowest BCUT2D eigenvalue weighted by Crippen LogP contribution is -2.37. The highest BCUT2D eigenvalue weighted by molar-refractivity contribution is 9.12. The van der Waals surface area contributed by atoms with Crippen molar-refractivity contribution in [1.29, 1.82) is 0 Å². The van der Waals surface area contributed by atoms with E-state index in [1.165, 1.54) is 4.90 Å². The van der Waals surface area contributed by atoms with E-state index in [4.69, 9.17) is 0 Å². The molecule has 0 aromatic heterocycles. The third-order valence-electron chi connectivity index (χ3n) is 6.70. The van der Waals surface area contributed by atoms with Crippen LogP contribution in [0.1, 0.15) is 12.8 Å². The van der Waals surface area contributed by atoms with Gasteiger partial charge in [0.05, 0.1) is 11.8 Å². The van der Waals surface area contributed by atoms with Crippen LogP contribution in [0, 0.1) is 23.7 Å². The number of fused-ring (bicyclic) bond motifs is 6. The van der Waals surface area contributed by atoms with Crippen molar-refractivity contribution in [3.63, 3.8) is 0 Å². The van der Waals surface area contributed by atoms with Crippen LogP contribution < -0.4 is 5.32 Å². The maximum atomic E-state index is 12.9. The van der Waals surface area contributed by atoms with Gasteiger partial charge >= 0.3 is 0 Å². The molecule has 3 fully saturated rings. The number of carbonyl (C=O) groups is 3. The van der Waals surface area contributed by atoms with Crippen LogP contribution in [0.5, 0.6) is 0 Å². The summed E-state index contributed by atoms with van der Waals surface area (Å²) in [6, 6.07) is 13.6. The molecule has 0 radical (unpaired) electrons. The number of anilines is 1. The molecule has 2 aromatic carbocycles. The molecule has 29 heavy (non-hydrogen) atoms. The molecule has 1 heterocycles. The standard InChI is InChI=1S/C22H20Br2N2O3/c23-19-13-10-14(20(19)24)18-17(13)21(28)26(22(18)29)9-8-16(27)25-15-7-3-5-11-4-1-2-6-12(11)15/h1-7,13-14,17-20H,8-10H2,(H,25,27)/t13-,14-,17-,18-,19-,20+/m1/s1. The average Bonchev–Trinajstić information content (AvgIpc) is 3.32. The van der Waals surface area contributed by atoms with Crippen molar-refractivity contribution >= 4 is 66.0 Å². The number of carbonyl (C=O) groups excluding carboxylic acids is 3. The Morgan fingerprint density at radius 1 is 0.966 bits per heavy atom. The van der Waals surface area contributed by atoms with E-state index < -0.39 is 0 Å². The van der Waals surface area contributed by atoms with Gasteiger partial charge in [0.1, 0.15) is 0 Å². The Morgan fingerprint density at radius 2 is 1.59 bits per heavy atom. The molecule has 6 atom stereocenters. The molecule has 1 saturated heterocycles. The molecule has 3 aliphatic rings. The maximum Gasteiger partial charge on any atom is 0.233 e. The van der Waals surface area contributed by atoms with Crippen molar-refractivity contribution in [1.82, 2.24) is 4.90 Å². The Labute approximate surface area is 185 Å². The van der Waals surface area contributed by atoms with Gasteiger partial charge in [0.2, 0.25) is 17.7 Å². The number of nitrogens with zero attached hydrogens (tertiary/aromatic N) is 1. The van der Waals surface area contributed by atoms with Crippen LogP contribution in [-0.2, 0) is 14.4 Å². The minimum Gasteiger partial charge on any atom is -0.325 e. The second kappa shape index (κ2) is 7.20. The van der Waals surface area contributed by atoms with E-state index in [2.05, 4.69) is 37.2 Å². The molecular weight excluding hydrogens is 500 g/mol. The molecule has 2 aromatic rings. The third kappa shape index (κ3) is 2.96. The number of likely N-dealkylation sites (tertiary alicyclic amines) is 1. The highest BCUT2D eigenvalue weighted by atomic mass is 79.9. The molecule has 2 saturated carbocycles. The Kier molecular flexibility index (Phi) is 4.78. The predicted octanol–water partition coefficient (Wildman–Crippen LogP) is 3.95. The first-order valence-corrected chi connectivity index (χ1v) is 11.7. The molecule has 150 valence electrons. The van der Waals surface area contributed by atoms with E-state index in [0.29, 0.717) is 0 Å². The lowest BCUT2D eigenvalue weighted by Gasteiger charge is -2.28. The summed E-state index contributed by atoms with van der Waals surface area (Å²) >= 11 is 7.38. The van der Waals surface area contributed by atoms with Gasteiger partial charge in [0, 0.05) is 33.7 Å². The normalized spacial score (nSPS) is 32.8. The number of hydrogen-bond acceptors (Lipinski definition) is 3. The van der Waals surface area contributed by atoms with Crippen molar-refractivity contribution in [2.45, 2.75) is 22.5 Å². The predicted molar refractivity (Wildman–Crippen MR) is 118 cm³/mol. The molecule has 2 bridgehead atoms. The van der Waals surface area contributed by atoms with Crippen LogP contribution in [0.25, 0.3) is 10.8 Å². The third-order valence-corrected chi connectivity index (χ3v) is 9.91. The first-order valence-electron chi connectivity index (χ1n) is 9.88. The maximum absolute atomic E-state index is 12.9. The van der Waals surface area contributed by atoms with Crippen LogP contribution in [0.15, 0.2) is 42.5 Å². The number of nitrogens with one attached hydrogen (secondary N) is 1. The van der Waals surface area contributed by atoms with Gasteiger partial charge in [-0.05, 0) is 29.7 Å². The summed E-state index contributed by atoms with van der Waals surface area (Å²) in [5.74, 6) is -0.471. The number of imide groups is 1. The molecule has 0 unspecified atom stereocenters. The van der Waals surface area contributed by atoms with Crippen molar-refractivity contribution in [3.05, 3.63) is 42.5 Å². The highest BCUT2D eigenvalue weighted by Gasteiger charge is 2.66. The lowest BCUT2D eigenvalue weighted by molar-refractivity contribution is -0.140. The number of amides is 3. The second-order valence-electron chi connectivity index (χ2n) is 8.16. The molecule has 3 amide bonds. The van der Waals surface area contributed by atoms with Gasteiger partial charge in [-0.15, -0.1) is 0 Å². The zero-order chi connectivity index (χ0) is 20.3. The van der Waals surface area contributed by atoms with Crippen molar-refractivity contribution < 1.29 is 14.4 Å². The summed E-state index contributed by atoms with van der Waals surface area (Å²) < 4.78 is 0. The number of hydrogen-bond donors (Lipinski definition) is 1. The Bertz CT molecular complexity index is 989. The monoisotopic (exact) mass is 518 g/mol. The van der Waals surface area contributed by atoms with Crippen LogP contribution in [0.2, 0.25) is 0 Å². The van der Waals surface area contributed by atoms with Gasteiger partial charge in [0.25, 0.3) is 0 Å². The molecule has 5 nitrogen and oxygen atoms in total. The van der Waals surface area contributed by atoms with E-state index in [1.54, 1.807) is 0 Å². The largest absolute Gasteiger partial charge is 0.325 e. The molecule has 5 rings (SSSR count). The quantitative estimate of drug-likeness (QED) is 0.491. The van der Waals surface area contributed by atoms with E-state index in [1.807, 2.05) is 42.5 Å². The molecule has 7 heteroatoms. The summed E-state index contributed by atoms with van der Waals surface area (Å²) in [6.45, 7) is 0.139. The summed E-state index contributed by atoms with van der Waals surface area (Å²) in [5, 5.41) is 4.95. The van der Waals surface area contributed by atoms with Gasteiger partial charge in [-0.25, -0.2) is 0 Å². The van der Waals surface area contributed by atoms with Gasteiger partial charge in [-0.3, -0.25) is 19.3 Å². The second-order valence-corrected chi connectivity index (χ2v) is 10.3. The lowest BCUT2D eigenvalue weighted by atomic mass is 9.81. The molecule has 2 aliphatic carbocycles. The fourth-order valence-corrected chi connectivity index (χ4v) is 7.26. The van der Waals surface area contributed by atoms with Crippen molar-refractivity contribution in [2.24, 2.45) is 23.7 Å². The molecule has 0 spiro atoms. The highest BCUT2D eigenvalue weighted by Crippen LogP contribution is 2.60. The van der Waals surface area contributed by atoms with Crippen molar-refractivity contribution in [2.75, 3.05) is 11.9 Å². The summed E-state index contributed by atoms with van der Waals surface area (Å²) in [6.07, 6.45) is 1.01. The van der Waals surface area contributed by atoms with Crippen LogP contribution in [0.3, 0.4) is 0 Å². The minimum atomic E-state index is -0.230. The molecule has 1 N–H and O–H groups in total. The van der Waals surface area contributed by atoms with E-state index >= 15 is 0 Å². The first-order chi connectivity index (χ1) is 14.0. The summed E-state index contributed by atoms with van der Waals surface area (Å²) in [4.78, 5) is 40.2. The van der Waals surface area contributed by atoms with Crippen LogP contribution >= 0.6 is 31.9 Å². The van der Waals surface area contributed by atoms with Gasteiger partial charge < -0.3 is 5.32 Å². The number of rotatable bonds is 4. The van der Waals surface area contributed by atoms with E-state index in [-0.39, 0.29) is 64.0 Å². The number of halogens is 2. The zero-order valence-corrected chi connectivity index (χ0v) is 18.7. The van der Waals surface area contributed by atoms with Crippen molar-refractivity contribution in [3.8, 4) is 0 Å². The fraction of sp³-hybridized carbons (Fsp3) is 0.409. The summed E-state index contributed by atoms with van der Waals surface area (Å²) in [5.41, 5.74) is 0.742. The van der Waals surface area contributed by atoms with Gasteiger partial charge in [-0.2, -0.15) is 0 Å². The van der Waals surface area contributed by atoms with Gasteiger partial charge in [-0.1, -0.05) is 68.3 Å². The summed E-state index contributed by atoms with van der Waals surface area (Å²) in [7, 11) is 0.